The maximum absolute atomic E-state index is 14.0. The van der Waals surface area contributed by atoms with Crippen LogP contribution < -0.4 is 4.90 Å². The highest BCUT2D eigenvalue weighted by Gasteiger charge is 2.53. The SMILES string of the molecule is COC(=O)[C@@H](C1c2ccccc2C(=O)c2ccccc21)[C@H]1C(=O)N(C(=O)OC(C)(C)C)c2ccccc21. The van der Waals surface area contributed by atoms with Crippen LogP contribution in [0.15, 0.2) is 72.8 Å². The average Bonchev–Trinajstić information content (AvgIpc) is 3.16. The summed E-state index contributed by atoms with van der Waals surface area (Å²) in [7, 11) is 1.28. The molecule has 7 heteroatoms. The lowest BCUT2D eigenvalue weighted by atomic mass is 9.67. The Kier molecular flexibility index (Phi) is 5.94. The van der Waals surface area contributed by atoms with Gasteiger partial charge >= 0.3 is 12.1 Å². The molecule has 37 heavy (non-hydrogen) atoms. The zero-order valence-electron chi connectivity index (χ0n) is 21.1. The first-order valence-corrected chi connectivity index (χ1v) is 12.1. The average molecular weight is 498 g/mol. The summed E-state index contributed by atoms with van der Waals surface area (Å²) in [6, 6.07) is 21.1. The molecule has 3 aromatic carbocycles. The predicted octanol–water partition coefficient (Wildman–Crippen LogP) is 5.22. The Labute approximate surface area is 215 Å². The number of carbonyl (C=O) groups excluding carboxylic acids is 4. The quantitative estimate of drug-likeness (QED) is 0.461. The third kappa shape index (κ3) is 4.00. The molecule has 1 aliphatic carbocycles. The standard InChI is InChI=1S/C30H27NO6/c1-30(2,3)37-29(35)31-22-16-10-9-15-21(22)24(27(31)33)25(28(34)36-4)23-17-11-5-7-13-19(17)26(32)20-14-8-6-12-18(20)23/h5-16,23-25H,1-4H3/t24-,25-/m0/s1. The van der Waals surface area contributed by atoms with Gasteiger partial charge in [0.1, 0.15) is 5.60 Å². The molecule has 0 radical (unpaired) electrons. The molecule has 3 aromatic rings. The molecule has 5 rings (SSSR count). The fourth-order valence-corrected chi connectivity index (χ4v) is 5.44. The van der Waals surface area contributed by atoms with Crippen molar-refractivity contribution in [3.63, 3.8) is 0 Å². The van der Waals surface area contributed by atoms with Gasteiger partial charge in [0.15, 0.2) is 5.78 Å². The van der Waals surface area contributed by atoms with Crippen LogP contribution in [0, 0.1) is 5.92 Å². The van der Waals surface area contributed by atoms with Gasteiger partial charge in [0.05, 0.1) is 24.6 Å². The number of benzene rings is 3. The van der Waals surface area contributed by atoms with E-state index in [0.29, 0.717) is 33.5 Å². The molecule has 2 aliphatic rings. The number of esters is 1. The van der Waals surface area contributed by atoms with Crippen molar-refractivity contribution in [2.45, 2.75) is 38.2 Å². The van der Waals surface area contributed by atoms with Crippen molar-refractivity contribution >= 4 is 29.4 Å². The van der Waals surface area contributed by atoms with Gasteiger partial charge in [0.2, 0.25) is 5.91 Å². The molecule has 2 amide bonds. The van der Waals surface area contributed by atoms with Crippen molar-refractivity contribution in [3.8, 4) is 0 Å². The van der Waals surface area contributed by atoms with Crippen molar-refractivity contribution in [1.82, 2.24) is 0 Å². The number of para-hydroxylation sites is 1. The first-order chi connectivity index (χ1) is 17.6. The van der Waals surface area contributed by atoms with E-state index in [1.165, 1.54) is 7.11 Å². The highest BCUT2D eigenvalue weighted by Crippen LogP contribution is 2.51. The fraction of sp³-hybridized carbons (Fsp3) is 0.267. The van der Waals surface area contributed by atoms with E-state index < -0.39 is 41.3 Å². The number of carbonyl (C=O) groups is 4. The van der Waals surface area contributed by atoms with Crippen LogP contribution in [0.3, 0.4) is 0 Å². The summed E-state index contributed by atoms with van der Waals surface area (Å²) in [5.74, 6) is -4.05. The Bertz CT molecular complexity index is 1390. The molecule has 188 valence electrons. The highest BCUT2D eigenvalue weighted by atomic mass is 16.6. The largest absolute Gasteiger partial charge is 0.469 e. The van der Waals surface area contributed by atoms with E-state index >= 15 is 0 Å². The first kappa shape index (κ1) is 24.4. The van der Waals surface area contributed by atoms with Gasteiger partial charge in [0, 0.05) is 17.0 Å². The Morgan fingerprint density at radius 1 is 0.784 bits per heavy atom. The molecule has 0 unspecified atom stereocenters. The number of methoxy groups -OCH3 is 1. The summed E-state index contributed by atoms with van der Waals surface area (Å²) in [5.41, 5.74) is 2.30. The number of anilines is 1. The van der Waals surface area contributed by atoms with E-state index in [1.807, 2.05) is 0 Å². The van der Waals surface area contributed by atoms with Gasteiger partial charge < -0.3 is 9.47 Å². The molecule has 7 nitrogen and oxygen atoms in total. The Hall–Kier alpha value is -4.26. The Balaban J connectivity index is 1.71. The molecular formula is C30H27NO6. The van der Waals surface area contributed by atoms with E-state index in [4.69, 9.17) is 9.47 Å². The van der Waals surface area contributed by atoms with Crippen molar-refractivity contribution in [3.05, 3.63) is 101 Å². The van der Waals surface area contributed by atoms with Crippen LogP contribution in [0.5, 0.6) is 0 Å². The molecule has 0 spiro atoms. The second-order valence-electron chi connectivity index (χ2n) is 10.2. The second kappa shape index (κ2) is 9.00. The van der Waals surface area contributed by atoms with Crippen molar-refractivity contribution in [2.24, 2.45) is 5.92 Å². The Morgan fingerprint density at radius 2 is 1.30 bits per heavy atom. The van der Waals surface area contributed by atoms with Crippen LogP contribution in [-0.2, 0) is 19.1 Å². The molecular weight excluding hydrogens is 470 g/mol. The highest BCUT2D eigenvalue weighted by molar-refractivity contribution is 6.20. The van der Waals surface area contributed by atoms with E-state index in [-0.39, 0.29) is 5.78 Å². The molecule has 1 heterocycles. The number of hydrogen-bond acceptors (Lipinski definition) is 6. The van der Waals surface area contributed by atoms with Crippen molar-refractivity contribution < 1.29 is 28.7 Å². The minimum atomic E-state index is -1.04. The van der Waals surface area contributed by atoms with Gasteiger partial charge in [-0.15, -0.1) is 0 Å². The van der Waals surface area contributed by atoms with Crippen LogP contribution in [0.2, 0.25) is 0 Å². The lowest BCUT2D eigenvalue weighted by Gasteiger charge is -2.34. The summed E-state index contributed by atoms with van der Waals surface area (Å²) >= 11 is 0. The number of ether oxygens (including phenoxy) is 2. The van der Waals surface area contributed by atoms with Gasteiger partial charge in [-0.2, -0.15) is 0 Å². The van der Waals surface area contributed by atoms with E-state index in [2.05, 4.69) is 0 Å². The number of nitrogens with zero attached hydrogens (tertiary/aromatic N) is 1. The normalized spacial score (nSPS) is 17.5. The monoisotopic (exact) mass is 497 g/mol. The van der Waals surface area contributed by atoms with Crippen LogP contribution in [-0.4, -0.2) is 36.5 Å². The molecule has 0 fully saturated rings. The number of fused-ring (bicyclic) bond motifs is 3. The number of rotatable bonds is 3. The first-order valence-electron chi connectivity index (χ1n) is 12.1. The van der Waals surface area contributed by atoms with Gasteiger partial charge in [-0.25, -0.2) is 9.69 Å². The lowest BCUT2D eigenvalue weighted by molar-refractivity contribution is -0.148. The molecule has 0 N–H and O–H groups in total. The summed E-state index contributed by atoms with van der Waals surface area (Å²) in [4.78, 5) is 55.1. The smallest absolute Gasteiger partial charge is 0.421 e. The van der Waals surface area contributed by atoms with E-state index in [0.717, 1.165) is 4.90 Å². The number of imide groups is 1. The maximum Gasteiger partial charge on any atom is 0.421 e. The number of hydrogen-bond donors (Lipinski definition) is 0. The summed E-state index contributed by atoms with van der Waals surface area (Å²) < 4.78 is 10.8. The van der Waals surface area contributed by atoms with E-state index in [1.54, 1.807) is 93.6 Å². The summed E-state index contributed by atoms with van der Waals surface area (Å²) in [5, 5.41) is 0. The number of ketones is 1. The van der Waals surface area contributed by atoms with Crippen LogP contribution in [0.4, 0.5) is 10.5 Å². The van der Waals surface area contributed by atoms with Gasteiger partial charge in [-0.3, -0.25) is 14.4 Å². The minimum Gasteiger partial charge on any atom is -0.469 e. The molecule has 1 aliphatic heterocycles. The third-order valence-electron chi connectivity index (χ3n) is 6.85. The zero-order valence-corrected chi connectivity index (χ0v) is 21.1. The lowest BCUT2D eigenvalue weighted by Crippen LogP contribution is -2.43. The molecule has 2 atom stereocenters. The van der Waals surface area contributed by atoms with Crippen LogP contribution in [0.1, 0.15) is 65.2 Å². The molecule has 0 bridgehead atoms. The topological polar surface area (TPSA) is 90.0 Å². The third-order valence-corrected chi connectivity index (χ3v) is 6.85. The maximum atomic E-state index is 14.0. The molecule has 0 saturated carbocycles. The van der Waals surface area contributed by atoms with Gasteiger partial charge in [-0.1, -0.05) is 66.7 Å². The molecule has 0 saturated heterocycles. The Morgan fingerprint density at radius 3 is 1.84 bits per heavy atom. The van der Waals surface area contributed by atoms with E-state index in [9.17, 15) is 19.2 Å². The van der Waals surface area contributed by atoms with Gasteiger partial charge in [0.25, 0.3) is 0 Å². The minimum absolute atomic E-state index is 0.139. The summed E-state index contributed by atoms with van der Waals surface area (Å²) in [6.07, 6.45) is -0.810. The van der Waals surface area contributed by atoms with Crippen molar-refractivity contribution in [1.29, 1.82) is 0 Å². The second-order valence-corrected chi connectivity index (χ2v) is 10.2. The number of amides is 2. The fourth-order valence-electron chi connectivity index (χ4n) is 5.44. The van der Waals surface area contributed by atoms with Crippen LogP contribution >= 0.6 is 0 Å². The van der Waals surface area contributed by atoms with Gasteiger partial charge in [-0.05, 0) is 43.5 Å². The summed E-state index contributed by atoms with van der Waals surface area (Å²) in [6.45, 7) is 5.16. The zero-order chi connectivity index (χ0) is 26.5. The van der Waals surface area contributed by atoms with Crippen molar-refractivity contribution in [2.75, 3.05) is 12.0 Å². The molecule has 0 aromatic heterocycles. The predicted molar refractivity (Wildman–Crippen MR) is 137 cm³/mol. The van der Waals surface area contributed by atoms with Crippen LogP contribution in [0.25, 0.3) is 0 Å².